The van der Waals surface area contributed by atoms with Gasteiger partial charge in [0, 0.05) is 10.7 Å². The van der Waals surface area contributed by atoms with E-state index in [9.17, 15) is 9.59 Å². The SMILES string of the molecule is CC(C)c1ccccc1NC(=O)COc1ccc(Cl)cc1C(N)=O. The van der Waals surface area contributed by atoms with E-state index in [0.29, 0.717) is 5.02 Å². The Labute approximate surface area is 145 Å². The monoisotopic (exact) mass is 346 g/mol. The molecular formula is C18H19ClN2O3. The van der Waals surface area contributed by atoms with Crippen molar-refractivity contribution in [3.63, 3.8) is 0 Å². The van der Waals surface area contributed by atoms with Crippen molar-refractivity contribution in [2.45, 2.75) is 19.8 Å². The fourth-order valence-corrected chi connectivity index (χ4v) is 2.44. The van der Waals surface area contributed by atoms with Gasteiger partial charge in [-0.15, -0.1) is 0 Å². The standard InChI is InChI=1S/C18H19ClN2O3/c1-11(2)13-5-3-4-6-15(13)21-17(22)10-24-16-8-7-12(19)9-14(16)18(20)23/h3-9,11H,10H2,1-2H3,(H2,20,23)(H,21,22). The Morgan fingerprint density at radius 1 is 1.21 bits per heavy atom. The van der Waals surface area contributed by atoms with Crippen molar-refractivity contribution in [2.75, 3.05) is 11.9 Å². The number of nitrogens with two attached hydrogens (primary N) is 1. The number of primary amides is 1. The normalized spacial score (nSPS) is 10.5. The summed E-state index contributed by atoms with van der Waals surface area (Å²) in [4.78, 5) is 23.5. The smallest absolute Gasteiger partial charge is 0.262 e. The third-order valence-corrected chi connectivity index (χ3v) is 3.66. The number of nitrogens with one attached hydrogen (secondary N) is 1. The first-order valence-corrected chi connectivity index (χ1v) is 7.87. The highest BCUT2D eigenvalue weighted by molar-refractivity contribution is 6.31. The van der Waals surface area contributed by atoms with E-state index in [-0.39, 0.29) is 29.7 Å². The van der Waals surface area contributed by atoms with E-state index in [2.05, 4.69) is 5.32 Å². The molecule has 5 nitrogen and oxygen atoms in total. The van der Waals surface area contributed by atoms with Crippen LogP contribution in [0.4, 0.5) is 5.69 Å². The molecule has 126 valence electrons. The molecule has 2 rings (SSSR count). The Balaban J connectivity index is 2.06. The zero-order chi connectivity index (χ0) is 17.7. The Morgan fingerprint density at radius 2 is 1.92 bits per heavy atom. The molecule has 0 aliphatic carbocycles. The average molecular weight is 347 g/mol. The van der Waals surface area contributed by atoms with Crippen LogP contribution >= 0.6 is 11.6 Å². The van der Waals surface area contributed by atoms with Gasteiger partial charge in [0.25, 0.3) is 11.8 Å². The van der Waals surface area contributed by atoms with Gasteiger partial charge in [-0.2, -0.15) is 0 Å². The maximum absolute atomic E-state index is 12.1. The first-order valence-electron chi connectivity index (χ1n) is 7.49. The highest BCUT2D eigenvalue weighted by Crippen LogP contribution is 2.24. The van der Waals surface area contributed by atoms with E-state index in [1.807, 2.05) is 38.1 Å². The lowest BCUT2D eigenvalue weighted by molar-refractivity contribution is -0.118. The molecule has 24 heavy (non-hydrogen) atoms. The lowest BCUT2D eigenvalue weighted by atomic mass is 10.0. The predicted molar refractivity (Wildman–Crippen MR) is 94.6 cm³/mol. The summed E-state index contributed by atoms with van der Waals surface area (Å²) in [5.74, 6) is -0.495. The van der Waals surface area contributed by atoms with Crippen LogP contribution in [0.5, 0.6) is 5.75 Å². The minimum absolute atomic E-state index is 0.137. The van der Waals surface area contributed by atoms with Gasteiger partial charge in [0.1, 0.15) is 5.75 Å². The molecule has 0 aromatic heterocycles. The van der Waals surface area contributed by atoms with Crippen molar-refractivity contribution in [3.8, 4) is 5.75 Å². The summed E-state index contributed by atoms with van der Waals surface area (Å²) < 4.78 is 5.42. The molecule has 3 N–H and O–H groups in total. The third-order valence-electron chi connectivity index (χ3n) is 3.42. The highest BCUT2D eigenvalue weighted by Gasteiger charge is 2.13. The van der Waals surface area contributed by atoms with Gasteiger partial charge < -0.3 is 15.8 Å². The molecule has 0 heterocycles. The van der Waals surface area contributed by atoms with E-state index in [1.54, 1.807) is 6.07 Å². The zero-order valence-electron chi connectivity index (χ0n) is 13.5. The van der Waals surface area contributed by atoms with Crippen LogP contribution in [0.15, 0.2) is 42.5 Å². The van der Waals surface area contributed by atoms with Crippen LogP contribution in [0, 0.1) is 0 Å². The number of para-hydroxylation sites is 1. The number of carbonyl (C=O) groups excluding carboxylic acids is 2. The molecule has 2 aromatic rings. The van der Waals surface area contributed by atoms with Crippen LogP contribution in [-0.2, 0) is 4.79 Å². The van der Waals surface area contributed by atoms with Crippen LogP contribution in [0.25, 0.3) is 0 Å². The maximum Gasteiger partial charge on any atom is 0.262 e. The lowest BCUT2D eigenvalue weighted by Crippen LogP contribution is -2.22. The summed E-state index contributed by atoms with van der Waals surface area (Å²) in [5.41, 5.74) is 7.21. The van der Waals surface area contributed by atoms with Crippen molar-refractivity contribution in [1.82, 2.24) is 0 Å². The predicted octanol–water partition coefficient (Wildman–Crippen LogP) is 3.58. The number of anilines is 1. The highest BCUT2D eigenvalue weighted by atomic mass is 35.5. The first kappa shape index (κ1) is 17.8. The number of rotatable bonds is 6. The average Bonchev–Trinajstić information content (AvgIpc) is 2.53. The van der Waals surface area contributed by atoms with Crippen molar-refractivity contribution < 1.29 is 14.3 Å². The summed E-state index contributed by atoms with van der Waals surface area (Å²) in [5, 5.41) is 3.18. The minimum Gasteiger partial charge on any atom is -0.483 e. The van der Waals surface area contributed by atoms with E-state index in [0.717, 1.165) is 11.3 Å². The van der Waals surface area contributed by atoms with Gasteiger partial charge in [0.15, 0.2) is 6.61 Å². The molecule has 0 atom stereocenters. The first-order chi connectivity index (χ1) is 11.4. The van der Waals surface area contributed by atoms with Crippen LogP contribution < -0.4 is 15.8 Å². The van der Waals surface area contributed by atoms with Crippen molar-refractivity contribution in [2.24, 2.45) is 5.73 Å². The number of carbonyl (C=O) groups is 2. The van der Waals surface area contributed by atoms with Gasteiger partial charge in [-0.05, 0) is 35.7 Å². The van der Waals surface area contributed by atoms with E-state index < -0.39 is 5.91 Å². The summed E-state index contributed by atoms with van der Waals surface area (Å²) in [7, 11) is 0. The molecule has 2 aromatic carbocycles. The Kier molecular flexibility index (Phi) is 5.82. The fraction of sp³-hybridized carbons (Fsp3) is 0.222. The lowest BCUT2D eigenvalue weighted by Gasteiger charge is -2.14. The summed E-state index contributed by atoms with van der Waals surface area (Å²) >= 11 is 5.84. The van der Waals surface area contributed by atoms with Crippen LogP contribution in [-0.4, -0.2) is 18.4 Å². The molecular weight excluding hydrogens is 328 g/mol. The van der Waals surface area contributed by atoms with Crippen molar-refractivity contribution in [3.05, 3.63) is 58.6 Å². The van der Waals surface area contributed by atoms with E-state index in [1.165, 1.54) is 12.1 Å². The van der Waals surface area contributed by atoms with Gasteiger partial charge in [-0.3, -0.25) is 9.59 Å². The fourth-order valence-electron chi connectivity index (χ4n) is 2.26. The zero-order valence-corrected chi connectivity index (χ0v) is 14.3. The molecule has 0 fully saturated rings. The van der Waals surface area contributed by atoms with Crippen LogP contribution in [0.2, 0.25) is 5.02 Å². The maximum atomic E-state index is 12.1. The van der Waals surface area contributed by atoms with E-state index in [4.69, 9.17) is 22.1 Å². The quantitative estimate of drug-likeness (QED) is 0.838. The summed E-state index contributed by atoms with van der Waals surface area (Å²) in [6, 6.07) is 12.1. The number of benzene rings is 2. The van der Waals surface area contributed by atoms with Crippen molar-refractivity contribution in [1.29, 1.82) is 0 Å². The van der Waals surface area contributed by atoms with Gasteiger partial charge in [-0.25, -0.2) is 0 Å². The number of halogens is 1. The largest absolute Gasteiger partial charge is 0.483 e. The molecule has 0 aliphatic rings. The van der Waals surface area contributed by atoms with Crippen LogP contribution in [0.3, 0.4) is 0 Å². The van der Waals surface area contributed by atoms with Gasteiger partial charge in [0.05, 0.1) is 5.56 Å². The molecule has 0 saturated carbocycles. The molecule has 2 amide bonds. The van der Waals surface area contributed by atoms with Gasteiger partial charge in [-0.1, -0.05) is 43.6 Å². The Morgan fingerprint density at radius 3 is 2.58 bits per heavy atom. The molecule has 0 bridgehead atoms. The number of hydrogen-bond acceptors (Lipinski definition) is 3. The second-order valence-corrected chi connectivity index (χ2v) is 6.02. The topological polar surface area (TPSA) is 81.4 Å². The van der Waals surface area contributed by atoms with Gasteiger partial charge in [0.2, 0.25) is 0 Å². The molecule has 6 heteroatoms. The number of amides is 2. The Bertz CT molecular complexity index is 760. The second-order valence-electron chi connectivity index (χ2n) is 5.58. The molecule has 0 saturated heterocycles. The molecule has 0 spiro atoms. The third kappa shape index (κ3) is 4.49. The van der Waals surface area contributed by atoms with Crippen molar-refractivity contribution >= 4 is 29.1 Å². The van der Waals surface area contributed by atoms with Crippen LogP contribution in [0.1, 0.15) is 35.7 Å². The number of hydrogen-bond donors (Lipinski definition) is 2. The summed E-state index contributed by atoms with van der Waals surface area (Å²) in [6.45, 7) is 3.86. The molecule has 0 radical (unpaired) electrons. The number of ether oxygens (including phenoxy) is 1. The minimum atomic E-state index is -0.668. The second kappa shape index (κ2) is 7.84. The molecule has 0 aliphatic heterocycles. The van der Waals surface area contributed by atoms with Gasteiger partial charge >= 0.3 is 0 Å². The Hall–Kier alpha value is -2.53. The molecule has 0 unspecified atom stereocenters. The summed E-state index contributed by atoms with van der Waals surface area (Å²) in [6.07, 6.45) is 0. The van der Waals surface area contributed by atoms with E-state index >= 15 is 0 Å².